The van der Waals surface area contributed by atoms with Crippen LogP contribution < -0.4 is 4.74 Å². The van der Waals surface area contributed by atoms with E-state index < -0.39 is 0 Å². The summed E-state index contributed by atoms with van der Waals surface area (Å²) in [6.07, 6.45) is 7.52. The smallest absolute Gasteiger partial charge is 0.153 e. The van der Waals surface area contributed by atoms with Gasteiger partial charge in [0.15, 0.2) is 6.29 Å². The fourth-order valence-electron chi connectivity index (χ4n) is 2.25. The molecule has 0 bridgehead atoms. The molecule has 92 valence electrons. The lowest BCUT2D eigenvalue weighted by Gasteiger charge is -2.21. The van der Waals surface area contributed by atoms with Gasteiger partial charge in [-0.25, -0.2) is 0 Å². The van der Waals surface area contributed by atoms with Gasteiger partial charge in [0.1, 0.15) is 5.75 Å². The van der Waals surface area contributed by atoms with E-state index in [2.05, 4.69) is 0 Å². The van der Waals surface area contributed by atoms with Gasteiger partial charge in [-0.2, -0.15) is 0 Å². The molecule has 0 radical (unpaired) electrons. The maximum atomic E-state index is 10.9. The van der Waals surface area contributed by atoms with E-state index in [0.717, 1.165) is 11.5 Å². The quantitative estimate of drug-likeness (QED) is 0.757. The Morgan fingerprint density at radius 2 is 2.06 bits per heavy atom. The number of aldehydes is 1. The fourth-order valence-corrected chi connectivity index (χ4v) is 3.55. The van der Waals surface area contributed by atoms with Crippen molar-refractivity contribution in [3.05, 3.63) is 23.8 Å². The van der Waals surface area contributed by atoms with Gasteiger partial charge in [0.2, 0.25) is 0 Å². The van der Waals surface area contributed by atoms with Crippen LogP contribution in [0.25, 0.3) is 0 Å². The van der Waals surface area contributed by atoms with Crippen LogP contribution in [0.4, 0.5) is 0 Å². The van der Waals surface area contributed by atoms with Gasteiger partial charge in [-0.05, 0) is 31.0 Å². The van der Waals surface area contributed by atoms with Crippen LogP contribution in [-0.4, -0.2) is 18.6 Å². The number of benzene rings is 1. The van der Waals surface area contributed by atoms with E-state index in [1.807, 2.05) is 30.0 Å². The standard InChI is InChI=1S/C14H18O2S/c1-16-14-8-7-13(9-11(14)10-15)17-12-5-3-2-4-6-12/h7-10,12H,2-6H2,1H3. The number of carbonyl (C=O) groups is 1. The highest BCUT2D eigenvalue weighted by molar-refractivity contribution is 8.00. The normalized spacial score (nSPS) is 16.8. The summed E-state index contributed by atoms with van der Waals surface area (Å²) in [5.41, 5.74) is 0.647. The zero-order chi connectivity index (χ0) is 12.1. The van der Waals surface area contributed by atoms with Gasteiger partial charge in [-0.15, -0.1) is 11.8 Å². The predicted octanol–water partition coefficient (Wildman–Crippen LogP) is 3.93. The molecule has 1 fully saturated rings. The fraction of sp³-hybridized carbons (Fsp3) is 0.500. The zero-order valence-electron chi connectivity index (χ0n) is 10.1. The van der Waals surface area contributed by atoms with Crippen molar-refractivity contribution in [2.75, 3.05) is 7.11 Å². The molecule has 1 aliphatic carbocycles. The van der Waals surface area contributed by atoms with Crippen molar-refractivity contribution in [3.8, 4) is 5.75 Å². The van der Waals surface area contributed by atoms with Crippen molar-refractivity contribution in [2.24, 2.45) is 0 Å². The summed E-state index contributed by atoms with van der Waals surface area (Å²) in [5.74, 6) is 0.660. The molecule has 0 amide bonds. The number of hydrogen-bond acceptors (Lipinski definition) is 3. The average Bonchev–Trinajstić information content (AvgIpc) is 2.40. The second-order valence-corrected chi connectivity index (χ2v) is 5.77. The van der Waals surface area contributed by atoms with Crippen molar-refractivity contribution in [3.63, 3.8) is 0 Å². The van der Waals surface area contributed by atoms with Crippen molar-refractivity contribution in [2.45, 2.75) is 42.2 Å². The molecule has 0 N–H and O–H groups in total. The van der Waals surface area contributed by atoms with Crippen molar-refractivity contribution >= 4 is 18.0 Å². The molecular weight excluding hydrogens is 232 g/mol. The first kappa shape index (κ1) is 12.5. The van der Waals surface area contributed by atoms with Crippen LogP contribution in [0.1, 0.15) is 42.5 Å². The van der Waals surface area contributed by atoms with Gasteiger partial charge in [0, 0.05) is 10.1 Å². The van der Waals surface area contributed by atoms with E-state index in [1.54, 1.807) is 7.11 Å². The Hall–Kier alpha value is -0.960. The van der Waals surface area contributed by atoms with E-state index in [9.17, 15) is 4.79 Å². The third kappa shape index (κ3) is 3.25. The van der Waals surface area contributed by atoms with Crippen LogP contribution in [0.2, 0.25) is 0 Å². The summed E-state index contributed by atoms with van der Waals surface area (Å²) in [4.78, 5) is 12.1. The third-order valence-corrected chi connectivity index (χ3v) is 4.51. The number of thioether (sulfide) groups is 1. The Morgan fingerprint density at radius 1 is 1.29 bits per heavy atom. The summed E-state index contributed by atoms with van der Waals surface area (Å²) in [7, 11) is 1.59. The van der Waals surface area contributed by atoms with Gasteiger partial charge in [0.05, 0.1) is 12.7 Å². The summed E-state index contributed by atoms with van der Waals surface area (Å²) in [6.45, 7) is 0. The lowest BCUT2D eigenvalue weighted by atomic mass is 10.0. The Morgan fingerprint density at radius 3 is 2.71 bits per heavy atom. The van der Waals surface area contributed by atoms with Crippen molar-refractivity contribution < 1.29 is 9.53 Å². The van der Waals surface area contributed by atoms with Crippen LogP contribution in [0.5, 0.6) is 5.75 Å². The molecule has 3 heteroatoms. The van der Waals surface area contributed by atoms with Gasteiger partial charge in [-0.3, -0.25) is 4.79 Å². The zero-order valence-corrected chi connectivity index (χ0v) is 11.0. The van der Waals surface area contributed by atoms with E-state index >= 15 is 0 Å². The van der Waals surface area contributed by atoms with Gasteiger partial charge < -0.3 is 4.74 Å². The minimum Gasteiger partial charge on any atom is -0.496 e. The van der Waals surface area contributed by atoms with Crippen LogP contribution >= 0.6 is 11.8 Å². The van der Waals surface area contributed by atoms with Crippen molar-refractivity contribution in [1.29, 1.82) is 0 Å². The molecule has 0 spiro atoms. The summed E-state index contributed by atoms with van der Waals surface area (Å²) < 4.78 is 5.14. The molecule has 0 atom stereocenters. The van der Waals surface area contributed by atoms with E-state index in [-0.39, 0.29) is 0 Å². The maximum absolute atomic E-state index is 10.9. The Labute approximate surface area is 107 Å². The topological polar surface area (TPSA) is 26.3 Å². The van der Waals surface area contributed by atoms with E-state index in [4.69, 9.17) is 4.74 Å². The molecule has 2 rings (SSSR count). The van der Waals surface area contributed by atoms with Gasteiger partial charge in [-0.1, -0.05) is 19.3 Å². The Bertz CT molecular complexity index is 384. The third-order valence-electron chi connectivity index (χ3n) is 3.18. The number of methoxy groups -OCH3 is 1. The molecule has 0 aliphatic heterocycles. The molecule has 0 heterocycles. The van der Waals surface area contributed by atoms with Crippen molar-refractivity contribution in [1.82, 2.24) is 0 Å². The van der Waals surface area contributed by atoms with Gasteiger partial charge in [0.25, 0.3) is 0 Å². The minimum absolute atomic E-state index is 0.647. The second-order valence-electron chi connectivity index (χ2n) is 4.40. The average molecular weight is 250 g/mol. The molecule has 1 aromatic rings. The van der Waals surface area contributed by atoms with Gasteiger partial charge >= 0.3 is 0 Å². The molecule has 1 aliphatic rings. The summed E-state index contributed by atoms with van der Waals surface area (Å²) in [5, 5.41) is 0.719. The molecular formula is C14H18O2S. The predicted molar refractivity (Wildman–Crippen MR) is 71.1 cm³/mol. The molecule has 2 nitrogen and oxygen atoms in total. The van der Waals surface area contributed by atoms with Crippen LogP contribution in [0, 0.1) is 0 Å². The summed E-state index contributed by atoms with van der Waals surface area (Å²) in [6, 6.07) is 5.87. The first-order valence-corrected chi connectivity index (χ1v) is 7.01. The number of ether oxygens (including phenoxy) is 1. The minimum atomic E-state index is 0.647. The lowest BCUT2D eigenvalue weighted by molar-refractivity contribution is 0.112. The Balaban J connectivity index is 2.07. The van der Waals surface area contributed by atoms with Crippen LogP contribution in [-0.2, 0) is 0 Å². The molecule has 0 aromatic heterocycles. The SMILES string of the molecule is COc1ccc(SC2CCCCC2)cc1C=O. The van der Waals surface area contributed by atoms with Crippen LogP contribution in [0.3, 0.4) is 0 Å². The van der Waals surface area contributed by atoms with E-state index in [1.165, 1.54) is 37.0 Å². The first-order valence-electron chi connectivity index (χ1n) is 6.13. The highest BCUT2D eigenvalue weighted by Gasteiger charge is 2.15. The molecule has 0 unspecified atom stereocenters. The Kier molecular flexibility index (Phi) is 4.49. The van der Waals surface area contributed by atoms with E-state index in [0.29, 0.717) is 11.3 Å². The molecule has 1 saturated carbocycles. The first-order chi connectivity index (χ1) is 8.33. The van der Waals surface area contributed by atoms with Crippen LogP contribution in [0.15, 0.2) is 23.1 Å². The maximum Gasteiger partial charge on any atom is 0.153 e. The highest BCUT2D eigenvalue weighted by Crippen LogP contribution is 2.35. The lowest BCUT2D eigenvalue weighted by Crippen LogP contribution is -2.07. The largest absolute Gasteiger partial charge is 0.496 e. The number of carbonyl (C=O) groups excluding carboxylic acids is 1. The molecule has 0 saturated heterocycles. The number of hydrogen-bond donors (Lipinski definition) is 0. The monoisotopic (exact) mass is 250 g/mol. The molecule has 1 aromatic carbocycles. The number of rotatable bonds is 4. The molecule has 17 heavy (non-hydrogen) atoms. The second kappa shape index (κ2) is 6.10. The highest BCUT2D eigenvalue weighted by atomic mass is 32.2. The summed E-state index contributed by atoms with van der Waals surface area (Å²) >= 11 is 1.90.